The van der Waals surface area contributed by atoms with Crippen molar-refractivity contribution in [3.05, 3.63) is 0 Å². The van der Waals surface area contributed by atoms with Crippen molar-refractivity contribution < 1.29 is 0 Å². The zero-order valence-electron chi connectivity index (χ0n) is 6.83. The maximum Gasteiger partial charge on any atom is 0.0892 e. The average molecular weight is 233 g/mol. The van der Waals surface area contributed by atoms with Gasteiger partial charge in [-0.1, -0.05) is 0 Å². The van der Waals surface area contributed by atoms with Crippen LogP contribution in [0.3, 0.4) is 0 Å². The average Bonchev–Trinajstić information content (AvgIpc) is 1.96. The van der Waals surface area contributed by atoms with Gasteiger partial charge in [0.15, 0.2) is 0 Å². The Kier molecular flexibility index (Phi) is 13.7. The molecule has 0 aromatic carbocycles. The second-order valence-corrected chi connectivity index (χ2v) is 2.83. The molecule has 0 radical (unpaired) electrons. The molecule has 0 unspecified atom stereocenters. The molecular weight excluding hydrogens is 220 g/mol. The molecule has 0 heterocycles. The maximum absolute atomic E-state index is 5.33. The van der Waals surface area contributed by atoms with Crippen LogP contribution in [0.15, 0.2) is 9.98 Å². The molecular formula is C6H12Cl3N3. The standard InChI is InChI=1S/C6H11Cl2N3.ClH/c1-2-9-6-10-4-3-5-11(7)8;/h2-5H2,1H3;1H. The fourth-order valence-corrected chi connectivity index (χ4v) is 0.679. The van der Waals surface area contributed by atoms with E-state index in [-0.39, 0.29) is 12.4 Å². The van der Waals surface area contributed by atoms with E-state index in [2.05, 4.69) is 16.0 Å². The summed E-state index contributed by atoms with van der Waals surface area (Å²) in [4.78, 5) is 7.66. The summed E-state index contributed by atoms with van der Waals surface area (Å²) in [6, 6.07) is 2.55. The first-order chi connectivity index (χ1) is 5.27. The van der Waals surface area contributed by atoms with Gasteiger partial charge in [0, 0.05) is 13.1 Å². The fraction of sp³-hybridized carbons (Fsp3) is 0.833. The summed E-state index contributed by atoms with van der Waals surface area (Å²) in [7, 11) is 0. The highest BCUT2D eigenvalue weighted by molar-refractivity contribution is 6.33. The van der Waals surface area contributed by atoms with E-state index in [1.54, 1.807) is 0 Å². The normalized spacial score (nSPS) is 8.67. The molecule has 0 fully saturated rings. The highest BCUT2D eigenvalue weighted by Gasteiger charge is 1.91. The smallest absolute Gasteiger partial charge is 0.0892 e. The maximum atomic E-state index is 5.33. The molecule has 0 bridgehead atoms. The van der Waals surface area contributed by atoms with E-state index in [1.165, 1.54) is 0 Å². The Morgan fingerprint density at radius 2 is 2.00 bits per heavy atom. The predicted molar refractivity (Wildman–Crippen MR) is 55.5 cm³/mol. The molecule has 0 saturated heterocycles. The van der Waals surface area contributed by atoms with E-state index < -0.39 is 0 Å². The molecule has 0 aliphatic carbocycles. The van der Waals surface area contributed by atoms with Crippen molar-refractivity contribution in [3.8, 4) is 0 Å². The Morgan fingerprint density at radius 1 is 1.33 bits per heavy atom. The van der Waals surface area contributed by atoms with Gasteiger partial charge in [0.25, 0.3) is 0 Å². The third-order valence-corrected chi connectivity index (χ3v) is 1.23. The lowest BCUT2D eigenvalue weighted by molar-refractivity contribution is 0.655. The molecule has 0 aliphatic rings. The van der Waals surface area contributed by atoms with Crippen molar-refractivity contribution in [1.29, 1.82) is 0 Å². The molecule has 72 valence electrons. The lowest BCUT2D eigenvalue weighted by atomic mass is 10.4. The number of nitrogens with zero attached hydrogens (tertiary/aromatic N) is 3. The lowest BCUT2D eigenvalue weighted by Gasteiger charge is -1.98. The molecule has 3 nitrogen and oxygen atoms in total. The number of aliphatic imine (C=N–C) groups is 2. The topological polar surface area (TPSA) is 28.0 Å². The largest absolute Gasteiger partial charge is 0.226 e. The SMILES string of the molecule is CCN=C=NCCCN(Cl)Cl.Cl. The monoisotopic (exact) mass is 231 g/mol. The Hall–Kier alpha value is 0.210. The fourth-order valence-electron chi connectivity index (χ4n) is 0.440. The Labute approximate surface area is 89.1 Å². The summed E-state index contributed by atoms with van der Waals surface area (Å²) in [6.45, 7) is 3.93. The van der Waals surface area contributed by atoms with Crippen LogP contribution >= 0.6 is 36.0 Å². The van der Waals surface area contributed by atoms with Crippen molar-refractivity contribution in [3.63, 3.8) is 0 Å². The van der Waals surface area contributed by atoms with Gasteiger partial charge < -0.3 is 0 Å². The summed E-state index contributed by atoms with van der Waals surface area (Å²) in [6.07, 6.45) is 0.819. The van der Waals surface area contributed by atoms with E-state index in [1.807, 2.05) is 6.92 Å². The zero-order chi connectivity index (χ0) is 8.53. The first kappa shape index (κ1) is 14.7. The van der Waals surface area contributed by atoms with Crippen molar-refractivity contribution in [1.82, 2.24) is 3.94 Å². The van der Waals surface area contributed by atoms with Crippen LogP contribution in [-0.4, -0.2) is 29.6 Å². The van der Waals surface area contributed by atoms with E-state index in [0.29, 0.717) is 13.1 Å². The Bertz CT molecular complexity index is 143. The van der Waals surface area contributed by atoms with E-state index in [9.17, 15) is 0 Å². The predicted octanol–water partition coefficient (Wildman–Crippen LogP) is 2.60. The van der Waals surface area contributed by atoms with Crippen LogP contribution < -0.4 is 0 Å². The van der Waals surface area contributed by atoms with Gasteiger partial charge in [0.2, 0.25) is 0 Å². The lowest BCUT2D eigenvalue weighted by Crippen LogP contribution is -2.00. The zero-order valence-corrected chi connectivity index (χ0v) is 9.16. The molecule has 0 amide bonds. The second kappa shape index (κ2) is 11.2. The molecule has 0 rings (SSSR count). The third-order valence-electron chi connectivity index (χ3n) is 0.897. The summed E-state index contributed by atoms with van der Waals surface area (Å²) in [5.41, 5.74) is 0. The number of halogens is 3. The van der Waals surface area contributed by atoms with Gasteiger partial charge in [-0.05, 0) is 36.9 Å². The van der Waals surface area contributed by atoms with Gasteiger partial charge in [0.1, 0.15) is 0 Å². The van der Waals surface area contributed by atoms with Crippen molar-refractivity contribution in [2.75, 3.05) is 19.6 Å². The molecule has 0 spiro atoms. The van der Waals surface area contributed by atoms with Gasteiger partial charge in [-0.15, -0.1) is 16.3 Å². The highest BCUT2D eigenvalue weighted by atomic mass is 35.5. The van der Waals surface area contributed by atoms with E-state index in [0.717, 1.165) is 16.9 Å². The van der Waals surface area contributed by atoms with Crippen LogP contribution in [0.25, 0.3) is 0 Å². The molecule has 0 aromatic rings. The summed E-state index contributed by atoms with van der Waals surface area (Å²) in [5.74, 6) is 0. The minimum absolute atomic E-state index is 0. The first-order valence-corrected chi connectivity index (χ1v) is 4.12. The molecule has 0 N–H and O–H groups in total. The Morgan fingerprint density at radius 3 is 2.50 bits per heavy atom. The van der Waals surface area contributed by atoms with Gasteiger partial charge in [0.05, 0.1) is 12.6 Å². The van der Waals surface area contributed by atoms with Crippen molar-refractivity contribution >= 4 is 42.0 Å². The molecule has 0 atom stereocenters. The minimum atomic E-state index is 0. The number of hydrogen-bond acceptors (Lipinski definition) is 3. The highest BCUT2D eigenvalue weighted by Crippen LogP contribution is 1.98. The van der Waals surface area contributed by atoms with Crippen molar-refractivity contribution in [2.45, 2.75) is 13.3 Å². The molecule has 0 saturated carbocycles. The molecule has 12 heavy (non-hydrogen) atoms. The molecule has 0 aliphatic heterocycles. The molecule has 6 heteroatoms. The van der Waals surface area contributed by atoms with Gasteiger partial charge >= 0.3 is 0 Å². The number of hydrogen-bond donors (Lipinski definition) is 0. The third kappa shape index (κ3) is 12.8. The Balaban J connectivity index is 0. The van der Waals surface area contributed by atoms with Gasteiger partial charge in [-0.2, -0.15) is 0 Å². The van der Waals surface area contributed by atoms with Crippen LogP contribution in [0.4, 0.5) is 0 Å². The summed E-state index contributed by atoms with van der Waals surface area (Å²) >= 11 is 10.7. The van der Waals surface area contributed by atoms with Crippen LogP contribution in [0.5, 0.6) is 0 Å². The van der Waals surface area contributed by atoms with Crippen LogP contribution in [0.2, 0.25) is 0 Å². The number of rotatable bonds is 5. The summed E-state index contributed by atoms with van der Waals surface area (Å²) in [5, 5.41) is 0. The van der Waals surface area contributed by atoms with Crippen LogP contribution in [-0.2, 0) is 0 Å². The van der Waals surface area contributed by atoms with E-state index >= 15 is 0 Å². The second-order valence-electron chi connectivity index (χ2n) is 1.84. The minimum Gasteiger partial charge on any atom is -0.226 e. The van der Waals surface area contributed by atoms with Crippen LogP contribution in [0, 0.1) is 0 Å². The van der Waals surface area contributed by atoms with E-state index in [4.69, 9.17) is 23.6 Å². The van der Waals surface area contributed by atoms with Gasteiger partial charge in [-0.25, -0.2) is 9.98 Å². The quantitative estimate of drug-likeness (QED) is 0.407. The first-order valence-electron chi connectivity index (χ1n) is 3.44. The summed E-state index contributed by atoms with van der Waals surface area (Å²) < 4.78 is 1.09. The van der Waals surface area contributed by atoms with Gasteiger partial charge in [-0.3, -0.25) is 0 Å². The molecule has 0 aromatic heterocycles. The van der Waals surface area contributed by atoms with Crippen molar-refractivity contribution in [2.24, 2.45) is 9.98 Å². The van der Waals surface area contributed by atoms with Crippen LogP contribution in [0.1, 0.15) is 13.3 Å².